The lowest BCUT2D eigenvalue weighted by Crippen LogP contribution is -1.95. The third kappa shape index (κ3) is 2.44. The molecule has 0 fully saturated rings. The van der Waals surface area contributed by atoms with Gasteiger partial charge < -0.3 is 14.3 Å². The maximum atomic E-state index is 5.71. The molecule has 0 aliphatic rings. The van der Waals surface area contributed by atoms with Gasteiger partial charge in [-0.05, 0) is 30.3 Å². The molecule has 0 spiro atoms. The number of nitrogens with one attached hydrogen (secondary N) is 1. The van der Waals surface area contributed by atoms with Crippen LogP contribution in [0.2, 0.25) is 0 Å². The maximum absolute atomic E-state index is 5.71. The summed E-state index contributed by atoms with van der Waals surface area (Å²) in [7, 11) is 0. The Morgan fingerprint density at radius 1 is 1.05 bits per heavy atom. The van der Waals surface area contributed by atoms with Crippen molar-refractivity contribution < 1.29 is 4.74 Å². The summed E-state index contributed by atoms with van der Waals surface area (Å²) in [6.45, 7) is 0.448. The van der Waals surface area contributed by atoms with Crippen LogP contribution in [0.5, 0.6) is 5.75 Å². The molecule has 0 saturated heterocycles. The Kier molecular flexibility index (Phi) is 3.08. The van der Waals surface area contributed by atoms with Crippen LogP contribution >= 0.6 is 0 Å². The summed E-state index contributed by atoms with van der Waals surface area (Å²) in [5, 5.41) is 0. The van der Waals surface area contributed by atoms with E-state index in [1.165, 1.54) is 0 Å². The van der Waals surface area contributed by atoms with Gasteiger partial charge in [-0.3, -0.25) is 0 Å². The standard InChI is InChI=1S/C17H14N4O/c1-2-4-15(5-3-1)22-10-13-9-21(12-20-13)14-6-7-16-17(8-14)19-11-18-16/h1-9,11-12H,10H2,(H,18,19). The molecule has 0 unspecified atom stereocenters. The molecule has 4 aromatic rings. The highest BCUT2D eigenvalue weighted by Crippen LogP contribution is 2.16. The summed E-state index contributed by atoms with van der Waals surface area (Å²) >= 11 is 0. The molecular weight excluding hydrogens is 276 g/mol. The number of H-pyrrole nitrogens is 1. The highest BCUT2D eigenvalue weighted by molar-refractivity contribution is 5.76. The topological polar surface area (TPSA) is 55.7 Å². The minimum atomic E-state index is 0.448. The average Bonchev–Trinajstić information content (AvgIpc) is 3.22. The average molecular weight is 290 g/mol. The molecule has 0 atom stereocenters. The minimum absolute atomic E-state index is 0.448. The zero-order valence-electron chi connectivity index (χ0n) is 11.8. The smallest absolute Gasteiger partial charge is 0.132 e. The fraction of sp³-hybridized carbons (Fsp3) is 0.0588. The fourth-order valence-electron chi connectivity index (χ4n) is 2.34. The van der Waals surface area contributed by atoms with Crippen LogP contribution in [0.1, 0.15) is 5.69 Å². The van der Waals surface area contributed by atoms with Gasteiger partial charge in [-0.2, -0.15) is 0 Å². The van der Waals surface area contributed by atoms with E-state index in [1.807, 2.05) is 59.3 Å². The van der Waals surface area contributed by atoms with E-state index in [9.17, 15) is 0 Å². The second-order valence-corrected chi connectivity index (χ2v) is 4.98. The third-order valence-corrected chi connectivity index (χ3v) is 3.47. The van der Waals surface area contributed by atoms with Crippen LogP contribution in [-0.4, -0.2) is 19.5 Å². The number of benzene rings is 2. The number of hydrogen-bond donors (Lipinski definition) is 1. The molecule has 0 amide bonds. The van der Waals surface area contributed by atoms with Gasteiger partial charge in [-0.25, -0.2) is 9.97 Å². The Balaban J connectivity index is 1.53. The first-order chi connectivity index (χ1) is 10.9. The van der Waals surface area contributed by atoms with E-state index in [-0.39, 0.29) is 0 Å². The first-order valence-corrected chi connectivity index (χ1v) is 7.03. The summed E-state index contributed by atoms with van der Waals surface area (Å²) in [5.74, 6) is 0.843. The zero-order valence-corrected chi connectivity index (χ0v) is 11.8. The van der Waals surface area contributed by atoms with Crippen LogP contribution in [-0.2, 0) is 6.61 Å². The molecule has 22 heavy (non-hydrogen) atoms. The molecule has 0 bridgehead atoms. The fourth-order valence-corrected chi connectivity index (χ4v) is 2.34. The second kappa shape index (κ2) is 5.37. The molecule has 5 nitrogen and oxygen atoms in total. The Morgan fingerprint density at radius 3 is 2.86 bits per heavy atom. The molecule has 5 heteroatoms. The van der Waals surface area contributed by atoms with E-state index in [1.54, 1.807) is 12.7 Å². The van der Waals surface area contributed by atoms with Crippen LogP contribution in [0.3, 0.4) is 0 Å². The molecule has 2 aromatic heterocycles. The van der Waals surface area contributed by atoms with Crippen LogP contribution in [0.4, 0.5) is 0 Å². The number of nitrogens with zero attached hydrogens (tertiary/aromatic N) is 3. The number of imidazole rings is 2. The first kappa shape index (κ1) is 12.6. The summed E-state index contributed by atoms with van der Waals surface area (Å²) in [6, 6.07) is 15.8. The molecule has 4 rings (SSSR count). The van der Waals surface area contributed by atoms with Crippen LogP contribution in [0.15, 0.2) is 67.4 Å². The van der Waals surface area contributed by atoms with Crippen LogP contribution in [0, 0.1) is 0 Å². The molecule has 1 N–H and O–H groups in total. The lowest BCUT2D eigenvalue weighted by molar-refractivity contribution is 0.302. The predicted molar refractivity (Wildman–Crippen MR) is 84.0 cm³/mol. The number of para-hydroxylation sites is 1. The molecule has 0 saturated carbocycles. The van der Waals surface area contributed by atoms with Gasteiger partial charge in [0.15, 0.2) is 0 Å². The van der Waals surface area contributed by atoms with Gasteiger partial charge in [0, 0.05) is 11.9 Å². The highest BCUT2D eigenvalue weighted by atomic mass is 16.5. The van der Waals surface area contributed by atoms with Gasteiger partial charge in [0.2, 0.25) is 0 Å². The van der Waals surface area contributed by atoms with Crippen molar-refractivity contribution in [3.8, 4) is 11.4 Å². The van der Waals surface area contributed by atoms with Crippen LogP contribution in [0.25, 0.3) is 16.7 Å². The SMILES string of the molecule is c1ccc(OCc2cn(-c3ccc4nc[nH]c4c3)cn2)cc1. The normalized spacial score (nSPS) is 10.9. The van der Waals surface area contributed by atoms with Gasteiger partial charge in [-0.15, -0.1) is 0 Å². The number of rotatable bonds is 4. The van der Waals surface area contributed by atoms with Gasteiger partial charge >= 0.3 is 0 Å². The summed E-state index contributed by atoms with van der Waals surface area (Å²) in [6.07, 6.45) is 5.46. The van der Waals surface area contributed by atoms with Gasteiger partial charge in [0.1, 0.15) is 12.4 Å². The van der Waals surface area contributed by atoms with Gasteiger partial charge in [0.25, 0.3) is 0 Å². The predicted octanol–water partition coefficient (Wildman–Crippen LogP) is 3.33. The second-order valence-electron chi connectivity index (χ2n) is 4.98. The molecule has 2 heterocycles. The number of aromatic amines is 1. The van der Waals surface area contributed by atoms with Crippen molar-refractivity contribution in [2.75, 3.05) is 0 Å². The van der Waals surface area contributed by atoms with Gasteiger partial charge in [0.05, 0.1) is 29.4 Å². The number of fused-ring (bicyclic) bond motifs is 1. The lowest BCUT2D eigenvalue weighted by Gasteiger charge is -2.03. The largest absolute Gasteiger partial charge is 0.487 e. The van der Waals surface area contributed by atoms with Gasteiger partial charge in [-0.1, -0.05) is 18.2 Å². The highest BCUT2D eigenvalue weighted by Gasteiger charge is 2.04. The molecule has 0 aliphatic carbocycles. The van der Waals surface area contributed by atoms with E-state index >= 15 is 0 Å². The van der Waals surface area contributed by atoms with Crippen molar-refractivity contribution in [3.63, 3.8) is 0 Å². The summed E-state index contributed by atoms with van der Waals surface area (Å²) in [4.78, 5) is 11.7. The van der Waals surface area contributed by atoms with Crippen molar-refractivity contribution in [1.29, 1.82) is 0 Å². The summed E-state index contributed by atoms with van der Waals surface area (Å²) in [5.41, 5.74) is 3.88. The lowest BCUT2D eigenvalue weighted by atomic mass is 10.3. The van der Waals surface area contributed by atoms with E-state index in [2.05, 4.69) is 15.0 Å². The molecule has 2 aromatic carbocycles. The quantitative estimate of drug-likeness (QED) is 0.627. The van der Waals surface area contributed by atoms with E-state index in [0.29, 0.717) is 6.61 Å². The third-order valence-electron chi connectivity index (χ3n) is 3.47. The van der Waals surface area contributed by atoms with E-state index < -0.39 is 0 Å². The number of ether oxygens (including phenoxy) is 1. The Hall–Kier alpha value is -3.08. The van der Waals surface area contributed by atoms with E-state index in [4.69, 9.17) is 4.74 Å². The zero-order chi connectivity index (χ0) is 14.8. The number of aromatic nitrogens is 4. The maximum Gasteiger partial charge on any atom is 0.132 e. The van der Waals surface area contributed by atoms with Crippen molar-refractivity contribution >= 4 is 11.0 Å². The molecule has 108 valence electrons. The minimum Gasteiger partial charge on any atom is -0.487 e. The Labute approximate surface area is 127 Å². The van der Waals surface area contributed by atoms with Crippen molar-refractivity contribution in [1.82, 2.24) is 19.5 Å². The van der Waals surface area contributed by atoms with Crippen molar-refractivity contribution in [3.05, 3.63) is 73.1 Å². The van der Waals surface area contributed by atoms with E-state index in [0.717, 1.165) is 28.2 Å². The number of hydrogen-bond acceptors (Lipinski definition) is 3. The monoisotopic (exact) mass is 290 g/mol. The Bertz CT molecular complexity index is 895. The van der Waals surface area contributed by atoms with Crippen LogP contribution < -0.4 is 4.74 Å². The first-order valence-electron chi connectivity index (χ1n) is 7.03. The Morgan fingerprint density at radius 2 is 1.95 bits per heavy atom. The summed E-state index contributed by atoms with van der Waals surface area (Å²) < 4.78 is 7.68. The molecule has 0 radical (unpaired) electrons. The molecular formula is C17H14N4O. The van der Waals surface area contributed by atoms with Crippen molar-refractivity contribution in [2.24, 2.45) is 0 Å². The van der Waals surface area contributed by atoms with Crippen molar-refractivity contribution in [2.45, 2.75) is 6.61 Å². The molecule has 0 aliphatic heterocycles.